The summed E-state index contributed by atoms with van der Waals surface area (Å²) < 4.78 is 13.5. The lowest BCUT2D eigenvalue weighted by molar-refractivity contribution is 0.194. The fourth-order valence-electron chi connectivity index (χ4n) is 5.53. The van der Waals surface area contributed by atoms with E-state index in [0.717, 1.165) is 36.5 Å². The van der Waals surface area contributed by atoms with Crippen LogP contribution in [0.2, 0.25) is 0 Å². The minimum Gasteiger partial charge on any atom is -0.497 e. The smallest absolute Gasteiger partial charge is 0.323 e. The van der Waals surface area contributed by atoms with Crippen LogP contribution in [0.4, 0.5) is 10.5 Å². The summed E-state index contributed by atoms with van der Waals surface area (Å²) in [6.07, 6.45) is 3.12. The number of thiophene rings is 1. The van der Waals surface area contributed by atoms with Crippen LogP contribution < -0.4 is 14.8 Å². The quantitative estimate of drug-likeness (QED) is 0.342. The number of anilines is 1. The molecule has 1 atom stereocenters. The maximum atomic E-state index is 14.2. The largest absolute Gasteiger partial charge is 0.497 e. The van der Waals surface area contributed by atoms with Gasteiger partial charge >= 0.3 is 6.03 Å². The molecular formula is C30H32N4O3S. The molecule has 196 valence electrons. The van der Waals surface area contributed by atoms with Crippen LogP contribution in [-0.2, 0) is 19.5 Å². The van der Waals surface area contributed by atoms with Gasteiger partial charge in [-0.15, -0.1) is 11.3 Å². The van der Waals surface area contributed by atoms with Gasteiger partial charge in [0.15, 0.2) is 0 Å². The van der Waals surface area contributed by atoms with Gasteiger partial charge in [-0.25, -0.2) is 4.79 Å². The van der Waals surface area contributed by atoms with Crippen LogP contribution in [0.1, 0.15) is 40.2 Å². The fourth-order valence-corrected chi connectivity index (χ4v) is 6.97. The van der Waals surface area contributed by atoms with Crippen LogP contribution in [0.25, 0.3) is 5.00 Å². The zero-order valence-corrected chi connectivity index (χ0v) is 22.8. The van der Waals surface area contributed by atoms with Gasteiger partial charge in [0, 0.05) is 29.7 Å². The number of ether oxygens (including phenoxy) is 2. The van der Waals surface area contributed by atoms with Crippen LogP contribution in [-0.4, -0.2) is 47.7 Å². The summed E-state index contributed by atoms with van der Waals surface area (Å²) in [6.45, 7) is 4.95. The Hall–Kier alpha value is -3.75. The Labute approximate surface area is 227 Å². The lowest BCUT2D eigenvalue weighted by Gasteiger charge is -2.32. The van der Waals surface area contributed by atoms with Crippen LogP contribution in [0, 0.1) is 0 Å². The first-order valence-corrected chi connectivity index (χ1v) is 13.8. The van der Waals surface area contributed by atoms with E-state index in [1.807, 2.05) is 59.6 Å². The maximum Gasteiger partial charge on any atom is 0.323 e. The number of fused-ring (bicyclic) bond motifs is 5. The number of hydrogen-bond donors (Lipinski definition) is 1. The van der Waals surface area contributed by atoms with E-state index in [1.54, 1.807) is 7.11 Å². The maximum absolute atomic E-state index is 14.2. The zero-order chi connectivity index (χ0) is 26.2. The number of rotatable bonds is 5. The van der Waals surface area contributed by atoms with E-state index in [1.165, 1.54) is 21.0 Å². The number of hydrogen-bond acceptors (Lipinski definition) is 5. The van der Waals surface area contributed by atoms with Gasteiger partial charge in [-0.1, -0.05) is 24.3 Å². The van der Waals surface area contributed by atoms with Gasteiger partial charge in [0.2, 0.25) is 0 Å². The highest BCUT2D eigenvalue weighted by Crippen LogP contribution is 2.44. The number of nitrogens with one attached hydrogen (secondary N) is 1. The normalized spacial score (nSPS) is 16.7. The molecule has 2 aliphatic heterocycles. The number of aromatic nitrogens is 1. The molecule has 0 saturated carbocycles. The fraction of sp³-hybridized carbons (Fsp3) is 0.300. The standard InChI is InChI=1S/C30H32N4O3S/c1-4-37-26-10-6-5-8-24(26)31-30(35)34-18-23-22-15-17-32(2)19-27(22)38-29(23)33-16-7-9-25(33)28(34)20-11-13-21(36-3)14-12-20/h5-14,16,28H,4,15,17-19H2,1-3H3,(H,31,35). The predicted octanol–water partition coefficient (Wildman–Crippen LogP) is 6.07. The number of methoxy groups -OCH3 is 1. The Balaban J connectivity index is 1.47. The molecule has 0 aliphatic carbocycles. The van der Waals surface area contributed by atoms with Crippen molar-refractivity contribution in [2.75, 3.05) is 32.6 Å². The first-order valence-electron chi connectivity index (χ1n) is 13.0. The van der Waals surface area contributed by atoms with Gasteiger partial charge in [-0.3, -0.25) is 0 Å². The highest BCUT2D eigenvalue weighted by Gasteiger charge is 2.36. The summed E-state index contributed by atoms with van der Waals surface area (Å²) >= 11 is 1.86. The van der Waals surface area contributed by atoms with Crippen molar-refractivity contribution in [3.05, 3.63) is 94.1 Å². The summed E-state index contributed by atoms with van der Waals surface area (Å²) in [5.41, 5.74) is 5.41. The molecule has 4 aromatic rings. The first kappa shape index (κ1) is 24.6. The molecule has 1 unspecified atom stereocenters. The van der Waals surface area contributed by atoms with Crippen LogP contribution >= 0.6 is 11.3 Å². The van der Waals surface area contributed by atoms with E-state index in [-0.39, 0.29) is 12.1 Å². The van der Waals surface area contributed by atoms with Crippen molar-refractivity contribution in [1.82, 2.24) is 14.4 Å². The van der Waals surface area contributed by atoms with Crippen molar-refractivity contribution in [1.29, 1.82) is 0 Å². The second-order valence-electron chi connectivity index (χ2n) is 9.74. The van der Waals surface area contributed by atoms with Gasteiger partial charge in [0.25, 0.3) is 0 Å². The third kappa shape index (κ3) is 4.33. The summed E-state index contributed by atoms with van der Waals surface area (Å²) in [5.74, 6) is 1.45. The molecule has 2 aliphatic rings. The molecule has 8 heteroatoms. The van der Waals surface area contributed by atoms with Crippen molar-refractivity contribution in [2.24, 2.45) is 0 Å². The lowest BCUT2D eigenvalue weighted by atomic mass is 10.00. The van der Waals surface area contributed by atoms with Crippen molar-refractivity contribution < 1.29 is 14.3 Å². The summed E-state index contributed by atoms with van der Waals surface area (Å²) in [7, 11) is 3.84. The Morgan fingerprint density at radius 1 is 1.05 bits per heavy atom. The summed E-state index contributed by atoms with van der Waals surface area (Å²) in [5, 5.41) is 4.39. The number of carbonyl (C=O) groups is 1. The number of likely N-dealkylation sites (N-methyl/N-ethyl adjacent to an activating group) is 1. The van der Waals surface area contributed by atoms with Crippen molar-refractivity contribution in [3.63, 3.8) is 0 Å². The summed E-state index contributed by atoms with van der Waals surface area (Å²) in [4.78, 5) is 19.9. The molecule has 0 radical (unpaired) electrons. The SMILES string of the molecule is CCOc1ccccc1NC(=O)N1Cc2c(sc3c2CCN(C)C3)-n2cccc2C1c1ccc(OC)cc1. The highest BCUT2D eigenvalue weighted by atomic mass is 32.1. The molecule has 0 spiro atoms. The second kappa shape index (κ2) is 10.2. The van der Waals surface area contributed by atoms with Gasteiger partial charge < -0.3 is 29.2 Å². The molecule has 38 heavy (non-hydrogen) atoms. The Morgan fingerprint density at radius 2 is 1.87 bits per heavy atom. The van der Waals surface area contributed by atoms with Crippen molar-refractivity contribution in [3.8, 4) is 16.5 Å². The highest BCUT2D eigenvalue weighted by molar-refractivity contribution is 7.15. The molecule has 2 aromatic carbocycles. The van der Waals surface area contributed by atoms with Crippen LogP contribution in [0.15, 0.2) is 66.9 Å². The van der Waals surface area contributed by atoms with E-state index in [2.05, 4.69) is 52.3 Å². The van der Waals surface area contributed by atoms with Crippen LogP contribution in [0.3, 0.4) is 0 Å². The Morgan fingerprint density at radius 3 is 2.66 bits per heavy atom. The van der Waals surface area contributed by atoms with E-state index in [0.29, 0.717) is 24.6 Å². The number of para-hydroxylation sites is 2. The van der Waals surface area contributed by atoms with Crippen LogP contribution in [0.5, 0.6) is 11.5 Å². The van der Waals surface area contributed by atoms with E-state index >= 15 is 0 Å². The average Bonchev–Trinajstić information content (AvgIpc) is 3.51. The van der Waals surface area contributed by atoms with E-state index < -0.39 is 0 Å². The van der Waals surface area contributed by atoms with E-state index in [4.69, 9.17) is 9.47 Å². The lowest BCUT2D eigenvalue weighted by Crippen LogP contribution is -2.38. The predicted molar refractivity (Wildman–Crippen MR) is 151 cm³/mol. The summed E-state index contributed by atoms with van der Waals surface area (Å²) in [6, 6.07) is 19.4. The first-order chi connectivity index (χ1) is 18.6. The van der Waals surface area contributed by atoms with Crippen molar-refractivity contribution in [2.45, 2.75) is 32.5 Å². The third-order valence-electron chi connectivity index (χ3n) is 7.38. The molecule has 0 fully saturated rings. The van der Waals surface area contributed by atoms with Gasteiger partial charge in [0.1, 0.15) is 16.5 Å². The van der Waals surface area contributed by atoms with E-state index in [9.17, 15) is 4.79 Å². The monoisotopic (exact) mass is 528 g/mol. The molecule has 6 rings (SSSR count). The minimum atomic E-state index is -0.281. The third-order valence-corrected chi connectivity index (χ3v) is 8.63. The van der Waals surface area contributed by atoms with Crippen molar-refractivity contribution >= 4 is 23.1 Å². The second-order valence-corrected chi connectivity index (χ2v) is 10.8. The molecule has 0 saturated heterocycles. The molecule has 7 nitrogen and oxygen atoms in total. The molecule has 2 aromatic heterocycles. The average molecular weight is 529 g/mol. The van der Waals surface area contributed by atoms with Gasteiger partial charge in [-0.05, 0) is 67.9 Å². The number of carbonyl (C=O) groups excluding carboxylic acids is 1. The van der Waals surface area contributed by atoms with Gasteiger partial charge in [0.05, 0.1) is 37.7 Å². The Kier molecular flexibility index (Phi) is 6.59. The molecule has 0 bridgehead atoms. The topological polar surface area (TPSA) is 59.0 Å². The molecule has 2 amide bonds. The molecule has 1 N–H and O–H groups in total. The molecule has 4 heterocycles. The zero-order valence-electron chi connectivity index (χ0n) is 21.9. The number of nitrogens with zero attached hydrogens (tertiary/aromatic N) is 3. The van der Waals surface area contributed by atoms with Gasteiger partial charge in [-0.2, -0.15) is 0 Å². The Bertz CT molecular complexity index is 1460. The number of benzene rings is 2. The number of urea groups is 1. The number of amides is 2. The minimum absolute atomic E-state index is 0.161. The molecular weight excluding hydrogens is 496 g/mol.